The van der Waals surface area contributed by atoms with E-state index in [1.165, 1.54) is 0 Å². The molecule has 0 spiro atoms. The first-order valence-electron chi connectivity index (χ1n) is 3.38. The third-order valence-corrected chi connectivity index (χ3v) is 1.73. The smallest absolute Gasteiger partial charge is 0.152 e. The van der Waals surface area contributed by atoms with Crippen molar-refractivity contribution in [2.75, 3.05) is 5.73 Å². The molecular formula is C7H9N3. The van der Waals surface area contributed by atoms with Crippen molar-refractivity contribution in [3.8, 4) is 0 Å². The Bertz CT molecular complexity index is 347. The Hall–Kier alpha value is -1.25. The fraction of sp³-hybridized carbons (Fsp3) is 0.286. The Morgan fingerprint density at radius 1 is 1.40 bits per heavy atom. The summed E-state index contributed by atoms with van der Waals surface area (Å²) in [5.41, 5.74) is 5.57. The van der Waals surface area contributed by atoms with Crippen LogP contribution < -0.4 is 16.3 Å². The van der Waals surface area contributed by atoms with E-state index in [1.807, 2.05) is 0 Å². The van der Waals surface area contributed by atoms with Gasteiger partial charge in [0, 0.05) is 5.22 Å². The van der Waals surface area contributed by atoms with E-state index in [0.717, 1.165) is 23.4 Å². The van der Waals surface area contributed by atoms with Crippen molar-refractivity contribution in [3.05, 3.63) is 10.6 Å². The van der Waals surface area contributed by atoms with Crippen LogP contribution in [0.2, 0.25) is 0 Å². The standard InChI is InChI=1S/C7H9N3/c8-7-5-3-1-2-4-6(5)9-10-7/h3-4,9H,1-2H2,(H2,8,10). The normalized spacial score (nSPS) is 15.2. The van der Waals surface area contributed by atoms with E-state index in [4.69, 9.17) is 5.73 Å². The molecule has 1 aromatic rings. The number of nitrogens with two attached hydrogens (primary N) is 1. The predicted molar refractivity (Wildman–Crippen MR) is 40.4 cm³/mol. The van der Waals surface area contributed by atoms with E-state index in [2.05, 4.69) is 22.3 Å². The largest absolute Gasteiger partial charge is 0.382 e. The monoisotopic (exact) mass is 135 g/mol. The summed E-state index contributed by atoms with van der Waals surface area (Å²) in [4.78, 5) is 0. The van der Waals surface area contributed by atoms with Crippen LogP contribution in [0.3, 0.4) is 0 Å². The van der Waals surface area contributed by atoms with Crippen molar-refractivity contribution in [3.63, 3.8) is 0 Å². The number of fused-ring (bicyclic) bond motifs is 1. The quantitative estimate of drug-likeness (QED) is 0.496. The SMILES string of the molecule is Nc1n[nH]c2c1=CCCC=2. The van der Waals surface area contributed by atoms with Gasteiger partial charge in [-0.15, -0.1) is 0 Å². The molecule has 0 bridgehead atoms. The van der Waals surface area contributed by atoms with Crippen LogP contribution in [0.5, 0.6) is 0 Å². The van der Waals surface area contributed by atoms with E-state index in [9.17, 15) is 0 Å². The Morgan fingerprint density at radius 2 is 2.20 bits per heavy atom. The van der Waals surface area contributed by atoms with Crippen molar-refractivity contribution in [2.24, 2.45) is 0 Å². The Kier molecular flexibility index (Phi) is 1.03. The zero-order valence-corrected chi connectivity index (χ0v) is 5.59. The van der Waals surface area contributed by atoms with Gasteiger partial charge in [0.25, 0.3) is 0 Å². The van der Waals surface area contributed by atoms with Crippen LogP contribution in [0.4, 0.5) is 5.82 Å². The summed E-state index contributed by atoms with van der Waals surface area (Å²) in [7, 11) is 0. The molecular weight excluding hydrogens is 126 g/mol. The van der Waals surface area contributed by atoms with Gasteiger partial charge in [-0.2, -0.15) is 5.10 Å². The predicted octanol–water partition coefficient (Wildman–Crippen LogP) is -0.653. The summed E-state index contributed by atoms with van der Waals surface area (Å²) in [6.07, 6.45) is 6.41. The average molecular weight is 135 g/mol. The van der Waals surface area contributed by atoms with Crippen LogP contribution in [-0.2, 0) is 0 Å². The Morgan fingerprint density at radius 3 is 3.00 bits per heavy atom. The van der Waals surface area contributed by atoms with Gasteiger partial charge < -0.3 is 5.73 Å². The van der Waals surface area contributed by atoms with Crippen molar-refractivity contribution in [2.45, 2.75) is 12.8 Å². The average Bonchev–Trinajstić information content (AvgIpc) is 2.34. The number of aromatic amines is 1. The molecule has 3 nitrogen and oxygen atoms in total. The molecule has 10 heavy (non-hydrogen) atoms. The summed E-state index contributed by atoms with van der Waals surface area (Å²) in [5, 5.41) is 8.90. The number of anilines is 1. The number of nitrogens with one attached hydrogen (secondary N) is 1. The maximum absolute atomic E-state index is 5.57. The highest BCUT2D eigenvalue weighted by Crippen LogP contribution is 1.94. The van der Waals surface area contributed by atoms with Gasteiger partial charge in [0.05, 0.1) is 5.35 Å². The van der Waals surface area contributed by atoms with Gasteiger partial charge in [0.1, 0.15) is 0 Å². The maximum Gasteiger partial charge on any atom is 0.152 e. The van der Waals surface area contributed by atoms with Gasteiger partial charge in [0.15, 0.2) is 5.82 Å². The van der Waals surface area contributed by atoms with Crippen LogP contribution in [0.1, 0.15) is 12.8 Å². The fourth-order valence-corrected chi connectivity index (χ4v) is 1.20. The van der Waals surface area contributed by atoms with Crippen molar-refractivity contribution in [1.29, 1.82) is 0 Å². The van der Waals surface area contributed by atoms with Crippen LogP contribution in [-0.4, -0.2) is 10.2 Å². The second kappa shape index (κ2) is 1.87. The summed E-state index contributed by atoms with van der Waals surface area (Å²) in [5.74, 6) is 0.617. The third kappa shape index (κ3) is 0.635. The molecule has 0 unspecified atom stereocenters. The van der Waals surface area contributed by atoms with Gasteiger partial charge >= 0.3 is 0 Å². The molecule has 0 saturated heterocycles. The van der Waals surface area contributed by atoms with E-state index in [-0.39, 0.29) is 0 Å². The second-order valence-corrected chi connectivity index (χ2v) is 2.42. The van der Waals surface area contributed by atoms with Crippen molar-refractivity contribution in [1.82, 2.24) is 10.2 Å². The minimum Gasteiger partial charge on any atom is -0.382 e. The molecule has 52 valence electrons. The van der Waals surface area contributed by atoms with E-state index < -0.39 is 0 Å². The van der Waals surface area contributed by atoms with Crippen LogP contribution >= 0.6 is 0 Å². The number of H-pyrrole nitrogens is 1. The first-order valence-corrected chi connectivity index (χ1v) is 3.38. The van der Waals surface area contributed by atoms with Crippen LogP contribution in [0.25, 0.3) is 12.2 Å². The highest BCUT2D eigenvalue weighted by molar-refractivity contribution is 5.44. The first kappa shape index (κ1) is 5.53. The number of rotatable bonds is 0. The summed E-state index contributed by atoms with van der Waals surface area (Å²) in [6.45, 7) is 0. The number of nitrogen functional groups attached to an aromatic ring is 1. The van der Waals surface area contributed by atoms with Gasteiger partial charge in [-0.25, -0.2) is 0 Å². The lowest BCUT2D eigenvalue weighted by Gasteiger charge is -1.91. The number of hydrogen-bond donors (Lipinski definition) is 2. The number of nitrogens with zero attached hydrogens (tertiary/aromatic N) is 1. The maximum atomic E-state index is 5.57. The molecule has 0 aliphatic heterocycles. The van der Waals surface area contributed by atoms with Crippen LogP contribution in [0.15, 0.2) is 0 Å². The zero-order valence-electron chi connectivity index (χ0n) is 5.59. The molecule has 0 fully saturated rings. The highest BCUT2D eigenvalue weighted by atomic mass is 15.1. The fourth-order valence-electron chi connectivity index (χ4n) is 1.20. The second-order valence-electron chi connectivity index (χ2n) is 2.42. The van der Waals surface area contributed by atoms with E-state index in [0.29, 0.717) is 5.82 Å². The molecule has 3 heteroatoms. The molecule has 0 radical (unpaired) electrons. The van der Waals surface area contributed by atoms with Gasteiger partial charge in [0.2, 0.25) is 0 Å². The van der Waals surface area contributed by atoms with Gasteiger partial charge in [-0.1, -0.05) is 12.2 Å². The minimum atomic E-state index is 0.617. The summed E-state index contributed by atoms with van der Waals surface area (Å²) < 4.78 is 0. The van der Waals surface area contributed by atoms with Crippen molar-refractivity contribution < 1.29 is 0 Å². The van der Waals surface area contributed by atoms with Gasteiger partial charge in [-0.3, -0.25) is 5.10 Å². The third-order valence-electron chi connectivity index (χ3n) is 1.73. The Balaban J connectivity index is 2.89. The molecule has 1 heterocycles. The van der Waals surface area contributed by atoms with E-state index in [1.54, 1.807) is 0 Å². The molecule has 0 amide bonds. The molecule has 1 aliphatic carbocycles. The van der Waals surface area contributed by atoms with Crippen LogP contribution in [0, 0.1) is 0 Å². The molecule has 0 aromatic carbocycles. The highest BCUT2D eigenvalue weighted by Gasteiger charge is 1.98. The molecule has 0 atom stereocenters. The summed E-state index contributed by atoms with van der Waals surface area (Å²) >= 11 is 0. The topological polar surface area (TPSA) is 54.7 Å². The number of hydrogen-bond acceptors (Lipinski definition) is 2. The zero-order chi connectivity index (χ0) is 6.97. The minimum absolute atomic E-state index is 0.617. The molecule has 1 aromatic heterocycles. The lowest BCUT2D eigenvalue weighted by atomic mass is 10.2. The summed E-state index contributed by atoms with van der Waals surface area (Å²) in [6, 6.07) is 0. The van der Waals surface area contributed by atoms with Crippen molar-refractivity contribution >= 4 is 18.0 Å². The number of aromatic nitrogens is 2. The molecule has 3 N–H and O–H groups in total. The lowest BCUT2D eigenvalue weighted by Crippen LogP contribution is -2.26. The lowest BCUT2D eigenvalue weighted by molar-refractivity contribution is 1.04. The molecule has 0 saturated carbocycles. The van der Waals surface area contributed by atoms with E-state index >= 15 is 0 Å². The molecule has 2 rings (SSSR count). The molecule has 1 aliphatic rings. The Labute approximate surface area is 58.2 Å². The van der Waals surface area contributed by atoms with Gasteiger partial charge in [-0.05, 0) is 12.8 Å². The first-order chi connectivity index (χ1) is 4.88.